The zero-order chi connectivity index (χ0) is 33.1. The van der Waals surface area contributed by atoms with Crippen LogP contribution in [0.4, 0.5) is 0 Å². The van der Waals surface area contributed by atoms with E-state index in [2.05, 4.69) is 34.6 Å². The Balaban J connectivity index is 1.79. The fourth-order valence-electron chi connectivity index (χ4n) is 7.20. The number of ether oxygens (including phenoxy) is 2. The largest absolute Gasteiger partial charge is 0.469 e. The average Bonchev–Trinajstić information content (AvgIpc) is 3.45. The SMILES string of the molecule is CCCCC(C(=O)N1CCCCC1)c1ccc(OC(=O)[C@H](CC(C)C)CC(C)(C[C@H](C(C)C)N2CCCC2=O)C(=O)OC)cc1. The van der Waals surface area contributed by atoms with Crippen LogP contribution in [0.25, 0.3) is 0 Å². The van der Waals surface area contributed by atoms with Gasteiger partial charge in [0.2, 0.25) is 11.8 Å². The first-order valence-corrected chi connectivity index (χ1v) is 17.4. The number of nitrogens with zero attached hydrogens (tertiary/aromatic N) is 2. The number of likely N-dealkylation sites (tertiary alicyclic amines) is 2. The lowest BCUT2D eigenvalue weighted by Crippen LogP contribution is -2.46. The Hall–Kier alpha value is -2.90. The van der Waals surface area contributed by atoms with Crippen LogP contribution in [0.3, 0.4) is 0 Å². The Morgan fingerprint density at radius 1 is 0.933 bits per heavy atom. The summed E-state index contributed by atoms with van der Waals surface area (Å²) in [7, 11) is 1.38. The molecule has 3 rings (SSSR count). The van der Waals surface area contributed by atoms with Gasteiger partial charge in [0, 0.05) is 32.1 Å². The highest BCUT2D eigenvalue weighted by atomic mass is 16.5. The zero-order valence-electron chi connectivity index (χ0n) is 28.9. The van der Waals surface area contributed by atoms with Gasteiger partial charge in [0.15, 0.2) is 0 Å². The van der Waals surface area contributed by atoms with Crippen LogP contribution < -0.4 is 4.74 Å². The zero-order valence-corrected chi connectivity index (χ0v) is 28.9. The summed E-state index contributed by atoms with van der Waals surface area (Å²) in [5, 5.41) is 0. The van der Waals surface area contributed by atoms with E-state index in [4.69, 9.17) is 9.47 Å². The molecule has 8 nitrogen and oxygen atoms in total. The Morgan fingerprint density at radius 3 is 2.13 bits per heavy atom. The van der Waals surface area contributed by atoms with E-state index in [1.54, 1.807) is 12.1 Å². The topological polar surface area (TPSA) is 93.2 Å². The summed E-state index contributed by atoms with van der Waals surface area (Å²) in [5.41, 5.74) is -0.0250. The summed E-state index contributed by atoms with van der Waals surface area (Å²) < 4.78 is 11.2. The summed E-state index contributed by atoms with van der Waals surface area (Å²) in [6, 6.07) is 7.29. The van der Waals surface area contributed by atoms with Gasteiger partial charge < -0.3 is 19.3 Å². The standard InChI is InChI=1S/C37H58N2O6/c1-8-9-14-31(34(41)38-20-11-10-12-21-38)28-16-18-30(19-17-28)45-35(42)29(23-26(2)3)24-37(6,36(43)44-7)25-32(27(4)5)39-22-13-15-33(39)40/h16-19,26-27,29,31-32H,8-15,20-25H2,1-7H3/t29-,31?,32-,37?/m1/s1. The monoisotopic (exact) mass is 626 g/mol. The Bertz CT molecular complexity index is 1130. The predicted octanol–water partition coefficient (Wildman–Crippen LogP) is 7.15. The molecule has 0 saturated carbocycles. The van der Waals surface area contributed by atoms with Gasteiger partial charge in [-0.15, -0.1) is 0 Å². The minimum atomic E-state index is -0.976. The number of amides is 2. The highest BCUT2D eigenvalue weighted by Gasteiger charge is 2.44. The second kappa shape index (κ2) is 17.1. The van der Waals surface area contributed by atoms with E-state index < -0.39 is 11.3 Å². The predicted molar refractivity (Wildman–Crippen MR) is 177 cm³/mol. The maximum absolute atomic E-state index is 13.7. The molecule has 0 spiro atoms. The molecule has 8 heteroatoms. The first-order valence-electron chi connectivity index (χ1n) is 17.4. The number of hydrogen-bond acceptors (Lipinski definition) is 6. The van der Waals surface area contributed by atoms with Crippen molar-refractivity contribution in [3.63, 3.8) is 0 Å². The number of esters is 2. The fraction of sp³-hybridized carbons (Fsp3) is 0.730. The van der Waals surface area contributed by atoms with Crippen LogP contribution in [-0.2, 0) is 23.9 Å². The van der Waals surface area contributed by atoms with E-state index >= 15 is 0 Å². The third kappa shape index (κ3) is 10.0. The van der Waals surface area contributed by atoms with Gasteiger partial charge in [-0.2, -0.15) is 0 Å². The number of piperidine rings is 1. The van der Waals surface area contributed by atoms with Crippen LogP contribution in [0.5, 0.6) is 5.75 Å². The molecule has 2 aliphatic heterocycles. The number of rotatable bonds is 16. The molecule has 1 aromatic rings. The summed E-state index contributed by atoms with van der Waals surface area (Å²) in [4.78, 5) is 57.1. The molecule has 2 fully saturated rings. The third-order valence-corrected chi connectivity index (χ3v) is 9.72. The van der Waals surface area contributed by atoms with E-state index in [-0.39, 0.29) is 54.0 Å². The van der Waals surface area contributed by atoms with Crippen molar-refractivity contribution < 1.29 is 28.7 Å². The van der Waals surface area contributed by atoms with E-state index in [0.29, 0.717) is 31.6 Å². The Morgan fingerprint density at radius 2 is 1.60 bits per heavy atom. The summed E-state index contributed by atoms with van der Waals surface area (Å²) in [5.74, 6) is -0.383. The van der Waals surface area contributed by atoms with Crippen LogP contribution in [0.15, 0.2) is 24.3 Å². The first-order chi connectivity index (χ1) is 21.4. The number of carbonyl (C=O) groups is 4. The number of unbranched alkanes of at least 4 members (excludes halogenated alkanes) is 1. The molecule has 2 saturated heterocycles. The van der Waals surface area contributed by atoms with Gasteiger partial charge in [-0.25, -0.2) is 0 Å². The third-order valence-electron chi connectivity index (χ3n) is 9.72. The van der Waals surface area contributed by atoms with Gasteiger partial charge >= 0.3 is 11.9 Å². The molecule has 0 aliphatic carbocycles. The first kappa shape index (κ1) is 36.6. The molecule has 1 aromatic carbocycles. The van der Waals surface area contributed by atoms with Crippen molar-refractivity contribution in [1.82, 2.24) is 9.80 Å². The van der Waals surface area contributed by atoms with Gasteiger partial charge in [-0.05, 0) is 87.8 Å². The summed E-state index contributed by atoms with van der Waals surface area (Å²) in [6.07, 6.45) is 8.69. The lowest BCUT2D eigenvalue weighted by Gasteiger charge is -2.39. The lowest BCUT2D eigenvalue weighted by molar-refractivity contribution is -0.157. The van der Waals surface area contributed by atoms with Crippen LogP contribution in [0.2, 0.25) is 0 Å². The van der Waals surface area contributed by atoms with Crippen LogP contribution in [-0.4, -0.2) is 66.3 Å². The highest BCUT2D eigenvalue weighted by Crippen LogP contribution is 2.39. The maximum Gasteiger partial charge on any atom is 0.314 e. The molecule has 0 bridgehead atoms. The molecule has 2 unspecified atom stereocenters. The number of carbonyl (C=O) groups excluding carboxylic acids is 4. The molecule has 4 atom stereocenters. The number of methoxy groups -OCH3 is 1. The van der Waals surface area contributed by atoms with Gasteiger partial charge in [0.1, 0.15) is 5.75 Å². The van der Waals surface area contributed by atoms with Crippen LogP contribution in [0, 0.1) is 23.2 Å². The molecule has 2 heterocycles. The highest BCUT2D eigenvalue weighted by molar-refractivity contribution is 5.84. The molecular formula is C37H58N2O6. The van der Waals surface area contributed by atoms with E-state index in [0.717, 1.165) is 57.2 Å². The van der Waals surface area contributed by atoms with E-state index in [1.165, 1.54) is 13.5 Å². The summed E-state index contributed by atoms with van der Waals surface area (Å²) in [6.45, 7) is 14.6. The Kier molecular flexibility index (Phi) is 13.9. The molecule has 0 N–H and O–H groups in total. The molecule has 252 valence electrons. The van der Waals surface area contributed by atoms with Gasteiger partial charge in [0.25, 0.3) is 0 Å². The average molecular weight is 627 g/mol. The van der Waals surface area contributed by atoms with Crippen molar-refractivity contribution in [3.8, 4) is 5.75 Å². The Labute approximate surface area is 271 Å². The smallest absolute Gasteiger partial charge is 0.314 e. The van der Waals surface area contributed by atoms with E-state index in [1.807, 2.05) is 28.9 Å². The van der Waals surface area contributed by atoms with Crippen LogP contribution >= 0.6 is 0 Å². The second-order valence-corrected chi connectivity index (χ2v) is 14.4. The normalized spacial score (nSPS) is 18.9. The minimum Gasteiger partial charge on any atom is -0.469 e. The van der Waals surface area contributed by atoms with Crippen molar-refractivity contribution in [2.45, 2.75) is 124 Å². The van der Waals surface area contributed by atoms with Crippen molar-refractivity contribution in [1.29, 1.82) is 0 Å². The number of hydrogen-bond donors (Lipinski definition) is 0. The van der Waals surface area contributed by atoms with Crippen LogP contribution in [0.1, 0.15) is 124 Å². The van der Waals surface area contributed by atoms with Crippen molar-refractivity contribution in [3.05, 3.63) is 29.8 Å². The summed E-state index contributed by atoms with van der Waals surface area (Å²) >= 11 is 0. The lowest BCUT2D eigenvalue weighted by atomic mass is 9.72. The molecule has 0 aromatic heterocycles. The number of benzene rings is 1. The van der Waals surface area contributed by atoms with Gasteiger partial charge in [-0.1, -0.05) is 59.6 Å². The maximum atomic E-state index is 13.7. The molecular weight excluding hydrogens is 568 g/mol. The van der Waals surface area contributed by atoms with Gasteiger partial charge in [-0.3, -0.25) is 19.2 Å². The van der Waals surface area contributed by atoms with Gasteiger partial charge in [0.05, 0.1) is 24.4 Å². The van der Waals surface area contributed by atoms with Crippen molar-refractivity contribution in [2.75, 3.05) is 26.7 Å². The minimum absolute atomic E-state index is 0.122. The van der Waals surface area contributed by atoms with Crippen molar-refractivity contribution >= 4 is 23.8 Å². The molecule has 0 radical (unpaired) electrons. The second-order valence-electron chi connectivity index (χ2n) is 14.4. The fourth-order valence-corrected chi connectivity index (χ4v) is 7.20. The molecule has 45 heavy (non-hydrogen) atoms. The quantitative estimate of drug-likeness (QED) is 0.143. The van der Waals surface area contributed by atoms with E-state index in [9.17, 15) is 19.2 Å². The van der Waals surface area contributed by atoms with Crippen molar-refractivity contribution in [2.24, 2.45) is 23.2 Å². The molecule has 2 aliphatic rings. The molecule has 2 amide bonds.